The van der Waals surface area contributed by atoms with Crippen molar-refractivity contribution in [3.05, 3.63) is 45.6 Å². The number of halogens is 3. The van der Waals surface area contributed by atoms with Gasteiger partial charge in [-0.2, -0.15) is 8.78 Å². The molecule has 1 aromatic carbocycles. The molecule has 0 saturated carbocycles. The third-order valence-electron chi connectivity index (χ3n) is 3.09. The van der Waals surface area contributed by atoms with Crippen LogP contribution in [-0.2, 0) is 9.59 Å². The van der Waals surface area contributed by atoms with Crippen molar-refractivity contribution in [1.82, 2.24) is 5.32 Å². The molecule has 2 N–H and O–H groups in total. The summed E-state index contributed by atoms with van der Waals surface area (Å²) in [5.41, 5.74) is 0.337. The molecule has 134 valence electrons. The van der Waals surface area contributed by atoms with Crippen LogP contribution in [0.4, 0.5) is 14.5 Å². The molecule has 1 aromatic heterocycles. The van der Waals surface area contributed by atoms with Crippen molar-refractivity contribution in [2.45, 2.75) is 26.0 Å². The Morgan fingerprint density at radius 3 is 2.64 bits per heavy atom. The van der Waals surface area contributed by atoms with Crippen LogP contribution in [0.15, 0.2) is 35.7 Å². The van der Waals surface area contributed by atoms with Crippen molar-refractivity contribution >= 4 is 40.4 Å². The lowest BCUT2D eigenvalue weighted by molar-refractivity contribution is -0.120. The lowest BCUT2D eigenvalue weighted by Crippen LogP contribution is -2.29. The summed E-state index contributed by atoms with van der Waals surface area (Å²) in [4.78, 5) is 24.4. The van der Waals surface area contributed by atoms with Crippen LogP contribution in [0.3, 0.4) is 0 Å². The Balaban J connectivity index is 2.03. The third kappa shape index (κ3) is 5.99. The summed E-state index contributed by atoms with van der Waals surface area (Å²) in [5.74, 6) is -0.780. The molecular weight excluding hydrogens is 374 g/mol. The van der Waals surface area contributed by atoms with Gasteiger partial charge >= 0.3 is 6.61 Å². The number of hydrogen-bond acceptors (Lipinski definition) is 4. The summed E-state index contributed by atoms with van der Waals surface area (Å²) in [7, 11) is 0. The number of hydrogen-bond donors (Lipinski definition) is 2. The van der Waals surface area contributed by atoms with E-state index in [-0.39, 0.29) is 29.0 Å². The number of alkyl halides is 2. The van der Waals surface area contributed by atoms with Gasteiger partial charge in [0.15, 0.2) is 0 Å². The maximum atomic E-state index is 12.2. The fourth-order valence-corrected chi connectivity index (χ4v) is 3.13. The van der Waals surface area contributed by atoms with Gasteiger partial charge in [0, 0.05) is 17.5 Å². The Morgan fingerprint density at radius 1 is 1.32 bits per heavy atom. The number of rotatable bonds is 7. The van der Waals surface area contributed by atoms with Crippen molar-refractivity contribution in [2.75, 3.05) is 5.32 Å². The van der Waals surface area contributed by atoms with E-state index in [1.165, 1.54) is 36.5 Å². The molecular formula is C16H15ClF2N2O3S. The van der Waals surface area contributed by atoms with Crippen molar-refractivity contribution in [3.8, 4) is 5.75 Å². The zero-order chi connectivity index (χ0) is 18.4. The van der Waals surface area contributed by atoms with E-state index in [1.807, 2.05) is 17.5 Å². The van der Waals surface area contributed by atoms with Gasteiger partial charge in [-0.3, -0.25) is 9.59 Å². The first-order valence-electron chi connectivity index (χ1n) is 7.20. The molecule has 0 bridgehead atoms. The lowest BCUT2D eigenvalue weighted by Gasteiger charge is -2.16. The average molecular weight is 389 g/mol. The first-order chi connectivity index (χ1) is 11.8. The van der Waals surface area contributed by atoms with Crippen molar-refractivity contribution in [3.63, 3.8) is 0 Å². The first-order valence-corrected chi connectivity index (χ1v) is 8.45. The third-order valence-corrected chi connectivity index (χ3v) is 4.37. The summed E-state index contributed by atoms with van der Waals surface area (Å²) in [6, 6.07) is 7.17. The zero-order valence-electron chi connectivity index (χ0n) is 13.1. The van der Waals surface area contributed by atoms with Crippen LogP contribution >= 0.6 is 22.9 Å². The Labute approximate surface area is 151 Å². The summed E-state index contributed by atoms with van der Waals surface area (Å²) in [6.45, 7) is -1.61. The molecule has 0 spiro atoms. The molecule has 2 aromatic rings. The van der Waals surface area contributed by atoms with Crippen LogP contribution in [-0.4, -0.2) is 18.4 Å². The van der Waals surface area contributed by atoms with E-state index in [0.29, 0.717) is 5.69 Å². The molecule has 9 heteroatoms. The molecule has 2 amide bonds. The van der Waals surface area contributed by atoms with Gasteiger partial charge in [-0.1, -0.05) is 17.7 Å². The molecule has 0 radical (unpaired) electrons. The molecule has 25 heavy (non-hydrogen) atoms. The molecule has 0 aliphatic rings. The standard InChI is InChI=1S/C16H15ClF2N2O3S/c1-9(22)20-12(14-3-2-6-25-14)8-15(23)21-10-4-5-13(11(17)7-10)24-16(18)19/h2-7,12,16H,8H2,1H3,(H,20,22)(H,21,23). The highest BCUT2D eigenvalue weighted by Gasteiger charge is 2.18. The minimum absolute atomic E-state index is 0.0208. The Hall–Kier alpha value is -2.19. The molecule has 1 atom stereocenters. The van der Waals surface area contributed by atoms with E-state index in [1.54, 1.807) is 0 Å². The smallest absolute Gasteiger partial charge is 0.387 e. The summed E-state index contributed by atoms with van der Waals surface area (Å²) in [6.07, 6.45) is 0.0208. The molecule has 0 aliphatic heterocycles. The number of thiophene rings is 1. The summed E-state index contributed by atoms with van der Waals surface area (Å²) in [5, 5.41) is 7.14. The highest BCUT2D eigenvalue weighted by atomic mass is 35.5. The van der Waals surface area contributed by atoms with Gasteiger partial charge in [-0.15, -0.1) is 11.3 Å². The van der Waals surface area contributed by atoms with Gasteiger partial charge in [0.25, 0.3) is 0 Å². The minimum Gasteiger partial charge on any atom is -0.433 e. The monoisotopic (exact) mass is 388 g/mol. The molecule has 0 aliphatic carbocycles. The van der Waals surface area contributed by atoms with Gasteiger partial charge in [0.2, 0.25) is 11.8 Å². The van der Waals surface area contributed by atoms with Gasteiger partial charge in [0.05, 0.1) is 17.5 Å². The van der Waals surface area contributed by atoms with Crippen LogP contribution in [0.5, 0.6) is 5.75 Å². The second-order valence-corrected chi connectivity index (χ2v) is 6.43. The molecule has 0 saturated heterocycles. The van der Waals surface area contributed by atoms with Crippen LogP contribution in [0.1, 0.15) is 24.3 Å². The predicted molar refractivity (Wildman–Crippen MR) is 92.2 cm³/mol. The second kappa shape index (κ2) is 8.77. The second-order valence-electron chi connectivity index (χ2n) is 5.04. The maximum absolute atomic E-state index is 12.2. The van der Waals surface area contributed by atoms with Gasteiger partial charge in [-0.25, -0.2) is 0 Å². The van der Waals surface area contributed by atoms with E-state index in [9.17, 15) is 18.4 Å². The number of carbonyl (C=O) groups is 2. The summed E-state index contributed by atoms with van der Waals surface area (Å²) >= 11 is 7.28. The maximum Gasteiger partial charge on any atom is 0.387 e. The SMILES string of the molecule is CC(=O)NC(CC(=O)Nc1ccc(OC(F)F)c(Cl)c1)c1cccs1. The Kier molecular flexibility index (Phi) is 6.72. The average Bonchev–Trinajstić information content (AvgIpc) is 3.03. The van der Waals surface area contributed by atoms with Crippen molar-refractivity contribution in [1.29, 1.82) is 0 Å². The first kappa shape index (κ1) is 19.1. The van der Waals surface area contributed by atoms with Crippen LogP contribution < -0.4 is 15.4 Å². The van der Waals surface area contributed by atoms with Gasteiger partial charge in [0.1, 0.15) is 5.75 Å². The largest absolute Gasteiger partial charge is 0.433 e. The van der Waals surface area contributed by atoms with E-state index in [4.69, 9.17) is 11.6 Å². The fourth-order valence-electron chi connectivity index (χ4n) is 2.13. The number of anilines is 1. The number of amides is 2. The molecule has 0 fully saturated rings. The van der Waals surface area contributed by atoms with Crippen molar-refractivity contribution in [2.24, 2.45) is 0 Å². The van der Waals surface area contributed by atoms with E-state index in [2.05, 4.69) is 15.4 Å². The highest BCUT2D eigenvalue weighted by Crippen LogP contribution is 2.29. The zero-order valence-corrected chi connectivity index (χ0v) is 14.7. The normalized spacial score (nSPS) is 11.9. The van der Waals surface area contributed by atoms with E-state index in [0.717, 1.165) is 4.88 Å². The predicted octanol–water partition coefficient (Wildman–Crippen LogP) is 4.21. The Morgan fingerprint density at radius 2 is 2.08 bits per heavy atom. The minimum atomic E-state index is -2.98. The van der Waals surface area contributed by atoms with Gasteiger partial charge in [-0.05, 0) is 29.6 Å². The topological polar surface area (TPSA) is 67.4 Å². The van der Waals surface area contributed by atoms with Crippen LogP contribution in [0.25, 0.3) is 0 Å². The summed E-state index contributed by atoms with van der Waals surface area (Å²) < 4.78 is 28.7. The van der Waals surface area contributed by atoms with Gasteiger partial charge < -0.3 is 15.4 Å². The number of benzene rings is 1. The number of carbonyl (C=O) groups excluding carboxylic acids is 2. The molecule has 2 rings (SSSR count). The number of ether oxygens (including phenoxy) is 1. The molecule has 5 nitrogen and oxygen atoms in total. The number of nitrogens with one attached hydrogen (secondary N) is 2. The lowest BCUT2D eigenvalue weighted by atomic mass is 10.1. The van der Waals surface area contributed by atoms with Crippen LogP contribution in [0.2, 0.25) is 5.02 Å². The highest BCUT2D eigenvalue weighted by molar-refractivity contribution is 7.10. The molecule has 1 heterocycles. The quantitative estimate of drug-likeness (QED) is 0.746. The fraction of sp³-hybridized carbons (Fsp3) is 0.250. The van der Waals surface area contributed by atoms with E-state index >= 15 is 0 Å². The Bertz CT molecular complexity index is 741. The van der Waals surface area contributed by atoms with E-state index < -0.39 is 12.7 Å². The van der Waals surface area contributed by atoms with Crippen molar-refractivity contribution < 1.29 is 23.1 Å². The van der Waals surface area contributed by atoms with Crippen LogP contribution in [0, 0.1) is 0 Å². The molecule has 1 unspecified atom stereocenters.